The minimum atomic E-state index is -0.0387. The van der Waals surface area contributed by atoms with Crippen LogP contribution in [0.3, 0.4) is 0 Å². The monoisotopic (exact) mass is 374 g/mol. The lowest BCUT2D eigenvalue weighted by molar-refractivity contribution is -0.105. The average molecular weight is 375 g/mol. The van der Waals surface area contributed by atoms with Crippen LogP contribution in [0.5, 0.6) is 0 Å². The fourth-order valence-electron chi connectivity index (χ4n) is 3.98. The van der Waals surface area contributed by atoms with Crippen LogP contribution in [0.1, 0.15) is 64.8 Å². The first-order valence-corrected chi connectivity index (χ1v) is 9.96. The van der Waals surface area contributed by atoms with Crippen LogP contribution in [0.15, 0.2) is 24.4 Å². The van der Waals surface area contributed by atoms with Crippen LogP contribution in [0.4, 0.5) is 5.95 Å². The van der Waals surface area contributed by atoms with Crippen molar-refractivity contribution >= 4 is 28.7 Å². The van der Waals surface area contributed by atoms with E-state index in [9.17, 15) is 0 Å². The van der Waals surface area contributed by atoms with Gasteiger partial charge in [0, 0.05) is 18.2 Å². The average Bonchev–Trinajstić information content (AvgIpc) is 2.82. The van der Waals surface area contributed by atoms with Gasteiger partial charge < -0.3 is 10.1 Å². The standard InChI is InChI=1S/C20H27ClN4O/c1-13(12-15-8-5-11-20(2,3)26-15)22-19-23-16-9-10-17(21)24-18(16)25(19)14-6-4-7-14/h9-10,14-15H,1,4-8,11-12H2,2-3H3,(H,22,23)/t15-/m1/s1. The Bertz CT molecular complexity index is 825. The molecule has 1 saturated heterocycles. The van der Waals surface area contributed by atoms with Gasteiger partial charge in [-0.25, -0.2) is 9.97 Å². The fourth-order valence-corrected chi connectivity index (χ4v) is 4.12. The van der Waals surface area contributed by atoms with Crippen LogP contribution in [0.2, 0.25) is 5.15 Å². The Morgan fingerprint density at radius 3 is 2.81 bits per heavy atom. The van der Waals surface area contributed by atoms with Gasteiger partial charge in [0.05, 0.1) is 11.7 Å². The number of halogens is 1. The van der Waals surface area contributed by atoms with E-state index < -0.39 is 0 Å². The highest BCUT2D eigenvalue weighted by Gasteiger charge is 2.30. The molecule has 0 aromatic carbocycles. The Hall–Kier alpha value is -1.59. The number of ether oxygens (including phenoxy) is 1. The molecule has 1 saturated carbocycles. The molecule has 0 spiro atoms. The number of imidazole rings is 1. The Morgan fingerprint density at radius 2 is 2.12 bits per heavy atom. The molecule has 1 aliphatic heterocycles. The molecule has 0 radical (unpaired) electrons. The SMILES string of the molecule is C=C(C[C@H]1CCCC(C)(C)O1)Nc1nc2ccc(Cl)nc2n1C1CCC1. The largest absolute Gasteiger partial charge is 0.372 e. The number of rotatable bonds is 5. The van der Waals surface area contributed by atoms with E-state index in [0.29, 0.717) is 11.2 Å². The van der Waals surface area contributed by atoms with Crippen LogP contribution in [0.25, 0.3) is 11.2 Å². The predicted octanol–water partition coefficient (Wildman–Crippen LogP) is 5.47. The maximum absolute atomic E-state index is 6.21. The summed E-state index contributed by atoms with van der Waals surface area (Å²) in [5.41, 5.74) is 2.62. The molecule has 2 aliphatic rings. The number of aromatic nitrogens is 3. The first-order chi connectivity index (χ1) is 12.4. The number of nitrogens with one attached hydrogen (secondary N) is 1. The summed E-state index contributed by atoms with van der Waals surface area (Å²) in [6, 6.07) is 4.16. The third kappa shape index (κ3) is 3.60. The molecule has 2 aromatic heterocycles. The summed E-state index contributed by atoms with van der Waals surface area (Å²) in [6.07, 6.45) is 7.97. The first-order valence-electron chi connectivity index (χ1n) is 9.58. The van der Waals surface area contributed by atoms with Crippen molar-refractivity contribution in [1.82, 2.24) is 14.5 Å². The Labute approximate surface area is 159 Å². The van der Waals surface area contributed by atoms with Crippen LogP contribution in [-0.4, -0.2) is 26.2 Å². The minimum Gasteiger partial charge on any atom is -0.372 e. The Balaban J connectivity index is 1.54. The normalized spacial score (nSPS) is 23.0. The molecule has 1 N–H and O–H groups in total. The number of hydrogen-bond acceptors (Lipinski definition) is 4. The fraction of sp³-hybridized carbons (Fsp3) is 0.600. The molecule has 140 valence electrons. The number of nitrogens with zero attached hydrogens (tertiary/aromatic N) is 3. The lowest BCUT2D eigenvalue weighted by Gasteiger charge is -2.36. The van der Waals surface area contributed by atoms with Crippen molar-refractivity contribution in [2.45, 2.75) is 76.5 Å². The molecule has 6 heteroatoms. The molecule has 3 heterocycles. The summed E-state index contributed by atoms with van der Waals surface area (Å²) in [4.78, 5) is 9.26. The Kier molecular flexibility index (Phi) is 4.70. The maximum Gasteiger partial charge on any atom is 0.209 e. The summed E-state index contributed by atoms with van der Waals surface area (Å²) in [6.45, 7) is 8.57. The van der Waals surface area contributed by atoms with Gasteiger partial charge in [0.15, 0.2) is 5.65 Å². The van der Waals surface area contributed by atoms with Gasteiger partial charge in [-0.2, -0.15) is 0 Å². The van der Waals surface area contributed by atoms with Crippen LogP contribution >= 0.6 is 11.6 Å². The lowest BCUT2D eigenvalue weighted by atomic mass is 9.93. The summed E-state index contributed by atoms with van der Waals surface area (Å²) >= 11 is 6.12. The summed E-state index contributed by atoms with van der Waals surface area (Å²) in [5, 5.41) is 3.94. The van der Waals surface area contributed by atoms with Gasteiger partial charge in [0.25, 0.3) is 0 Å². The van der Waals surface area contributed by atoms with E-state index in [1.165, 1.54) is 12.8 Å². The highest BCUT2D eigenvalue weighted by atomic mass is 35.5. The number of fused-ring (bicyclic) bond motifs is 1. The zero-order valence-electron chi connectivity index (χ0n) is 15.6. The predicted molar refractivity (Wildman–Crippen MR) is 106 cm³/mol. The molecular weight excluding hydrogens is 348 g/mol. The lowest BCUT2D eigenvalue weighted by Crippen LogP contribution is -2.35. The molecule has 5 nitrogen and oxygen atoms in total. The van der Waals surface area contributed by atoms with Gasteiger partial charge in [0.2, 0.25) is 5.95 Å². The summed E-state index contributed by atoms with van der Waals surface area (Å²) in [7, 11) is 0. The van der Waals surface area contributed by atoms with Crippen molar-refractivity contribution < 1.29 is 4.74 Å². The molecule has 0 amide bonds. The van der Waals surface area contributed by atoms with Crippen molar-refractivity contribution in [1.29, 1.82) is 0 Å². The van der Waals surface area contributed by atoms with Crippen LogP contribution in [0, 0.1) is 0 Å². The van der Waals surface area contributed by atoms with E-state index in [2.05, 4.69) is 35.3 Å². The molecule has 4 rings (SSSR count). The molecule has 0 bridgehead atoms. The Morgan fingerprint density at radius 1 is 1.31 bits per heavy atom. The van der Waals surface area contributed by atoms with Gasteiger partial charge in [-0.05, 0) is 64.5 Å². The van der Waals surface area contributed by atoms with Crippen molar-refractivity contribution in [2.24, 2.45) is 0 Å². The molecule has 2 fully saturated rings. The quantitative estimate of drug-likeness (QED) is 0.704. The summed E-state index contributed by atoms with van der Waals surface area (Å²) in [5.74, 6) is 0.819. The second-order valence-electron chi connectivity index (χ2n) is 8.19. The zero-order valence-corrected chi connectivity index (χ0v) is 16.4. The molecular formula is C20H27ClN4O. The van der Waals surface area contributed by atoms with E-state index in [0.717, 1.165) is 54.9 Å². The van der Waals surface area contributed by atoms with Crippen molar-refractivity contribution in [3.05, 3.63) is 29.6 Å². The van der Waals surface area contributed by atoms with Gasteiger partial charge in [0.1, 0.15) is 10.7 Å². The van der Waals surface area contributed by atoms with Crippen molar-refractivity contribution in [3.63, 3.8) is 0 Å². The highest BCUT2D eigenvalue weighted by Crippen LogP contribution is 2.37. The van der Waals surface area contributed by atoms with Crippen molar-refractivity contribution in [3.8, 4) is 0 Å². The molecule has 0 unspecified atom stereocenters. The zero-order chi connectivity index (χ0) is 18.3. The molecule has 26 heavy (non-hydrogen) atoms. The third-order valence-electron chi connectivity index (χ3n) is 5.50. The maximum atomic E-state index is 6.21. The van der Waals surface area contributed by atoms with Gasteiger partial charge >= 0.3 is 0 Å². The van der Waals surface area contributed by atoms with E-state index >= 15 is 0 Å². The van der Waals surface area contributed by atoms with E-state index in [-0.39, 0.29) is 11.7 Å². The second-order valence-corrected chi connectivity index (χ2v) is 8.58. The molecule has 2 aromatic rings. The van der Waals surface area contributed by atoms with Gasteiger partial charge in [-0.15, -0.1) is 0 Å². The number of anilines is 1. The minimum absolute atomic E-state index is 0.0387. The van der Waals surface area contributed by atoms with Crippen LogP contribution in [-0.2, 0) is 4.74 Å². The topological polar surface area (TPSA) is 52.0 Å². The third-order valence-corrected chi connectivity index (χ3v) is 5.71. The smallest absolute Gasteiger partial charge is 0.209 e. The van der Waals surface area contributed by atoms with Gasteiger partial charge in [-0.3, -0.25) is 4.57 Å². The van der Waals surface area contributed by atoms with Crippen molar-refractivity contribution in [2.75, 3.05) is 5.32 Å². The van der Waals surface area contributed by atoms with E-state index in [1.54, 1.807) is 6.07 Å². The number of pyridine rings is 1. The van der Waals surface area contributed by atoms with E-state index in [4.69, 9.17) is 21.3 Å². The second kappa shape index (κ2) is 6.86. The molecule has 1 atom stereocenters. The van der Waals surface area contributed by atoms with Crippen LogP contribution < -0.4 is 5.32 Å². The molecule has 1 aliphatic carbocycles. The number of hydrogen-bond donors (Lipinski definition) is 1. The first kappa shape index (κ1) is 17.8. The highest BCUT2D eigenvalue weighted by molar-refractivity contribution is 6.29. The summed E-state index contributed by atoms with van der Waals surface area (Å²) < 4.78 is 8.40. The van der Waals surface area contributed by atoms with E-state index in [1.807, 2.05) is 6.07 Å². The van der Waals surface area contributed by atoms with Gasteiger partial charge in [-0.1, -0.05) is 18.2 Å².